The molecule has 8 nitrogen and oxygen atoms in total. The van der Waals surface area contributed by atoms with Gasteiger partial charge < -0.3 is 15.1 Å². The van der Waals surface area contributed by atoms with Gasteiger partial charge in [0.2, 0.25) is 11.8 Å². The lowest BCUT2D eigenvalue weighted by Crippen LogP contribution is -2.48. The first-order valence-electron chi connectivity index (χ1n) is 13.5. The number of likely N-dealkylation sites (N-methyl/N-ethyl adjacent to an activating group) is 1. The summed E-state index contributed by atoms with van der Waals surface area (Å²) in [5.41, 5.74) is 0.426. The summed E-state index contributed by atoms with van der Waals surface area (Å²) < 4.78 is 13.3. The molecule has 3 aliphatic rings. The van der Waals surface area contributed by atoms with Crippen LogP contribution in [0.2, 0.25) is 0 Å². The van der Waals surface area contributed by atoms with Crippen molar-refractivity contribution >= 4 is 40.2 Å². The van der Waals surface area contributed by atoms with E-state index in [4.69, 9.17) is 4.99 Å². The van der Waals surface area contributed by atoms with Crippen molar-refractivity contribution in [3.8, 4) is 0 Å². The number of thioether (sulfide) groups is 1. The van der Waals surface area contributed by atoms with Crippen LogP contribution in [0.3, 0.4) is 0 Å². The number of halogens is 1. The molecule has 1 aromatic carbocycles. The Morgan fingerprint density at radius 1 is 1.11 bits per heavy atom. The van der Waals surface area contributed by atoms with Gasteiger partial charge in [-0.05, 0) is 69.8 Å². The smallest absolute Gasteiger partial charge is 0.226 e. The molecule has 0 bridgehead atoms. The second kappa shape index (κ2) is 12.5. The van der Waals surface area contributed by atoms with Gasteiger partial charge >= 0.3 is 0 Å². The normalized spacial score (nSPS) is 23.7. The zero-order valence-corrected chi connectivity index (χ0v) is 23.1. The number of nitrogens with one attached hydrogen (secondary N) is 1. The molecule has 2 unspecified atom stereocenters. The van der Waals surface area contributed by atoms with E-state index in [-0.39, 0.29) is 47.8 Å². The van der Waals surface area contributed by atoms with Crippen LogP contribution in [-0.4, -0.2) is 88.8 Å². The first-order valence-corrected chi connectivity index (χ1v) is 14.4. The zero-order chi connectivity index (χ0) is 27.4. The Balaban J connectivity index is 1.50. The van der Waals surface area contributed by atoms with Crippen molar-refractivity contribution in [3.63, 3.8) is 0 Å². The van der Waals surface area contributed by atoms with E-state index in [0.29, 0.717) is 43.8 Å². The average molecular weight is 545 g/mol. The number of hydrogen-bond donors (Lipinski definition) is 1. The average Bonchev–Trinajstić information content (AvgIpc) is 3.61. The zero-order valence-electron chi connectivity index (χ0n) is 22.3. The van der Waals surface area contributed by atoms with Crippen LogP contribution in [0.5, 0.6) is 0 Å². The molecular weight excluding hydrogens is 507 g/mol. The highest BCUT2D eigenvalue weighted by molar-refractivity contribution is 8.14. The Kier molecular flexibility index (Phi) is 9.36. The van der Waals surface area contributed by atoms with Crippen molar-refractivity contribution in [2.45, 2.75) is 64.1 Å². The largest absolute Gasteiger partial charge is 0.343 e. The number of amides is 2. The van der Waals surface area contributed by atoms with Gasteiger partial charge in [-0.1, -0.05) is 0 Å². The molecule has 3 aliphatic heterocycles. The van der Waals surface area contributed by atoms with Crippen LogP contribution in [0.15, 0.2) is 29.3 Å². The van der Waals surface area contributed by atoms with Gasteiger partial charge in [0, 0.05) is 50.2 Å². The molecule has 1 N–H and O–H groups in total. The minimum atomic E-state index is -0.553. The molecule has 0 saturated carbocycles. The number of ketones is 2. The van der Waals surface area contributed by atoms with Gasteiger partial charge in [0.05, 0.1) is 17.1 Å². The number of likely N-dealkylation sites (tertiary alicyclic amines) is 2. The number of aliphatic imine (C=N–C) groups is 1. The Labute approximate surface area is 227 Å². The van der Waals surface area contributed by atoms with Gasteiger partial charge in [-0.15, -0.1) is 11.8 Å². The number of benzene rings is 1. The van der Waals surface area contributed by atoms with E-state index >= 15 is 0 Å². The van der Waals surface area contributed by atoms with E-state index in [1.54, 1.807) is 18.9 Å². The summed E-state index contributed by atoms with van der Waals surface area (Å²) in [4.78, 5) is 60.2. The van der Waals surface area contributed by atoms with E-state index in [1.165, 1.54) is 36.0 Å². The third-order valence-corrected chi connectivity index (χ3v) is 9.29. The molecule has 3 heterocycles. The highest BCUT2D eigenvalue weighted by atomic mass is 32.2. The Hall–Kier alpha value is -2.59. The fourth-order valence-electron chi connectivity index (χ4n) is 5.64. The topological polar surface area (TPSA) is 99.2 Å². The van der Waals surface area contributed by atoms with Crippen molar-refractivity contribution in [2.24, 2.45) is 16.8 Å². The fourth-order valence-corrected chi connectivity index (χ4v) is 6.84. The van der Waals surface area contributed by atoms with E-state index < -0.39 is 17.8 Å². The van der Waals surface area contributed by atoms with Gasteiger partial charge in [0.15, 0.2) is 5.78 Å². The molecular formula is C28H37FN4O4S. The third kappa shape index (κ3) is 6.34. The summed E-state index contributed by atoms with van der Waals surface area (Å²) in [6, 6.07) is 4.41. The quantitative estimate of drug-likeness (QED) is 0.480. The van der Waals surface area contributed by atoms with Crippen molar-refractivity contribution in [3.05, 3.63) is 35.6 Å². The standard InChI is InChI=1S/C28H37FN4O4S/c1-17(30-3)25(35)15-22(19-10-13-32(14-11-19)18(2)34)28(37)33-12-4-5-24(33)27-31-23(16-38-27)26(36)20-6-8-21(29)9-7-20/h6-9,17,19,22-24,30H,4-5,10-16H2,1-3H3/t17-,22-,23?,24?/m0/s1. The summed E-state index contributed by atoms with van der Waals surface area (Å²) in [6.45, 7) is 5.16. The summed E-state index contributed by atoms with van der Waals surface area (Å²) in [5, 5.41) is 3.77. The van der Waals surface area contributed by atoms with Crippen LogP contribution < -0.4 is 5.32 Å². The highest BCUT2D eigenvalue weighted by Gasteiger charge is 2.42. The molecule has 0 spiro atoms. The predicted molar refractivity (Wildman–Crippen MR) is 146 cm³/mol. The molecule has 2 fully saturated rings. The molecule has 0 radical (unpaired) electrons. The number of Topliss-reactive ketones (excluding diaryl/α,β-unsaturated/α-hetero) is 2. The molecule has 4 atom stereocenters. The lowest BCUT2D eigenvalue weighted by Gasteiger charge is -2.37. The Bertz CT molecular complexity index is 1090. The number of carbonyl (C=O) groups is 4. The lowest BCUT2D eigenvalue weighted by atomic mass is 9.79. The molecule has 206 valence electrons. The number of piperidine rings is 1. The summed E-state index contributed by atoms with van der Waals surface area (Å²) in [7, 11) is 1.74. The molecule has 1 aromatic rings. The van der Waals surface area contributed by atoms with E-state index in [9.17, 15) is 23.6 Å². The van der Waals surface area contributed by atoms with Crippen molar-refractivity contribution in [1.29, 1.82) is 0 Å². The minimum absolute atomic E-state index is 0.00753. The van der Waals surface area contributed by atoms with Gasteiger partial charge in [-0.2, -0.15) is 0 Å². The number of carbonyl (C=O) groups excluding carboxylic acids is 4. The SMILES string of the molecule is CN[C@@H](C)C(=O)C[C@H](C(=O)N1CCCC1C1=NC(C(=O)c2ccc(F)cc2)CS1)C1CCN(C(C)=O)CC1. The Morgan fingerprint density at radius 3 is 2.42 bits per heavy atom. The first-order chi connectivity index (χ1) is 18.2. The molecule has 4 rings (SSSR count). The third-order valence-electron chi connectivity index (χ3n) is 8.13. The highest BCUT2D eigenvalue weighted by Crippen LogP contribution is 2.35. The van der Waals surface area contributed by atoms with Crippen LogP contribution in [0.25, 0.3) is 0 Å². The molecule has 2 amide bonds. The van der Waals surface area contributed by atoms with Gasteiger partial charge in [0.25, 0.3) is 0 Å². The van der Waals surface area contributed by atoms with E-state index in [0.717, 1.165) is 17.9 Å². The van der Waals surface area contributed by atoms with Crippen LogP contribution in [-0.2, 0) is 14.4 Å². The van der Waals surface area contributed by atoms with Crippen LogP contribution in [0.1, 0.15) is 56.3 Å². The summed E-state index contributed by atoms with van der Waals surface area (Å²) >= 11 is 1.51. The van der Waals surface area contributed by atoms with Crippen molar-refractivity contribution in [2.75, 3.05) is 32.4 Å². The number of hydrogen-bond acceptors (Lipinski definition) is 7. The number of rotatable bonds is 9. The molecule has 38 heavy (non-hydrogen) atoms. The molecule has 0 aliphatic carbocycles. The fraction of sp³-hybridized carbons (Fsp3) is 0.607. The van der Waals surface area contributed by atoms with Crippen molar-refractivity contribution < 1.29 is 23.6 Å². The van der Waals surface area contributed by atoms with Crippen LogP contribution in [0.4, 0.5) is 4.39 Å². The van der Waals surface area contributed by atoms with Gasteiger partial charge in [-0.25, -0.2) is 4.39 Å². The molecule has 0 aromatic heterocycles. The van der Waals surface area contributed by atoms with Crippen LogP contribution in [0, 0.1) is 17.7 Å². The van der Waals surface area contributed by atoms with Gasteiger partial charge in [-0.3, -0.25) is 24.2 Å². The summed E-state index contributed by atoms with van der Waals surface area (Å²) in [6.07, 6.45) is 3.16. The van der Waals surface area contributed by atoms with E-state index in [2.05, 4.69) is 5.32 Å². The second-order valence-electron chi connectivity index (χ2n) is 10.5. The second-order valence-corrected chi connectivity index (χ2v) is 11.5. The monoisotopic (exact) mass is 544 g/mol. The Morgan fingerprint density at radius 2 is 1.79 bits per heavy atom. The summed E-state index contributed by atoms with van der Waals surface area (Å²) in [5.74, 6) is -0.451. The number of nitrogens with zero attached hydrogens (tertiary/aromatic N) is 3. The van der Waals surface area contributed by atoms with Crippen molar-refractivity contribution in [1.82, 2.24) is 15.1 Å². The molecule has 2 saturated heterocycles. The predicted octanol–water partition coefficient (Wildman–Crippen LogP) is 2.96. The molecule has 10 heteroatoms. The first kappa shape index (κ1) is 28.4. The maximum Gasteiger partial charge on any atom is 0.226 e. The van der Waals surface area contributed by atoms with Crippen LogP contribution >= 0.6 is 11.8 Å². The maximum absolute atomic E-state index is 14.0. The van der Waals surface area contributed by atoms with Gasteiger partial charge in [0.1, 0.15) is 17.6 Å². The maximum atomic E-state index is 14.0. The van der Waals surface area contributed by atoms with E-state index in [1.807, 2.05) is 11.8 Å². The lowest BCUT2D eigenvalue weighted by molar-refractivity contribution is -0.141. The minimum Gasteiger partial charge on any atom is -0.343 e.